The van der Waals surface area contributed by atoms with Crippen LogP contribution in [0.1, 0.15) is 24.5 Å². The van der Waals surface area contributed by atoms with Crippen LogP contribution in [0.15, 0.2) is 23.1 Å². The molecule has 0 bridgehead atoms. The number of benzene rings is 1. The molecule has 0 aliphatic heterocycles. The van der Waals surface area contributed by atoms with Gasteiger partial charge in [-0.15, -0.1) is 0 Å². The lowest BCUT2D eigenvalue weighted by Crippen LogP contribution is -2.18. The van der Waals surface area contributed by atoms with Crippen LogP contribution in [0.4, 0.5) is 0 Å². The van der Waals surface area contributed by atoms with Gasteiger partial charge in [0.1, 0.15) is 0 Å². The number of rotatable bonds is 5. The summed E-state index contributed by atoms with van der Waals surface area (Å²) in [6, 6.07) is 5.16. The quantitative estimate of drug-likeness (QED) is 0.761. The molecule has 0 saturated carbocycles. The van der Waals surface area contributed by atoms with Crippen molar-refractivity contribution in [3.63, 3.8) is 0 Å². The molecule has 0 spiro atoms. The molecule has 1 rings (SSSR count). The summed E-state index contributed by atoms with van der Waals surface area (Å²) in [4.78, 5) is 0.211. The number of hydrogen-bond donors (Lipinski definition) is 2. The van der Waals surface area contributed by atoms with Crippen LogP contribution in [-0.2, 0) is 16.6 Å². The van der Waals surface area contributed by atoms with Gasteiger partial charge in [-0.25, -0.2) is 13.6 Å². The number of primary sulfonamides is 1. The van der Waals surface area contributed by atoms with Crippen molar-refractivity contribution >= 4 is 10.0 Å². The lowest BCUT2D eigenvalue weighted by Gasteiger charge is -2.10. The SMILES string of the molecule is CCCNCc1cccc(S(N)(=O)=O)c1C. The topological polar surface area (TPSA) is 72.2 Å². The van der Waals surface area contributed by atoms with Crippen LogP contribution < -0.4 is 10.5 Å². The van der Waals surface area contributed by atoms with Crippen molar-refractivity contribution in [2.75, 3.05) is 6.54 Å². The van der Waals surface area contributed by atoms with E-state index in [2.05, 4.69) is 12.2 Å². The zero-order valence-corrected chi connectivity index (χ0v) is 10.5. The lowest BCUT2D eigenvalue weighted by molar-refractivity contribution is 0.596. The molecule has 0 atom stereocenters. The van der Waals surface area contributed by atoms with E-state index in [1.54, 1.807) is 13.0 Å². The Morgan fingerprint density at radius 3 is 2.62 bits per heavy atom. The molecular weight excluding hydrogens is 224 g/mol. The average molecular weight is 242 g/mol. The molecule has 16 heavy (non-hydrogen) atoms. The summed E-state index contributed by atoms with van der Waals surface area (Å²) in [5.41, 5.74) is 1.70. The van der Waals surface area contributed by atoms with E-state index < -0.39 is 10.0 Å². The van der Waals surface area contributed by atoms with Gasteiger partial charge >= 0.3 is 0 Å². The third-order valence-electron chi connectivity index (χ3n) is 2.45. The summed E-state index contributed by atoms with van der Waals surface area (Å²) in [7, 11) is -3.61. The van der Waals surface area contributed by atoms with E-state index >= 15 is 0 Å². The van der Waals surface area contributed by atoms with E-state index in [1.807, 2.05) is 6.07 Å². The van der Waals surface area contributed by atoms with Gasteiger partial charge < -0.3 is 5.32 Å². The highest BCUT2D eigenvalue weighted by molar-refractivity contribution is 7.89. The highest BCUT2D eigenvalue weighted by atomic mass is 32.2. The molecule has 0 aromatic heterocycles. The van der Waals surface area contributed by atoms with E-state index in [4.69, 9.17) is 5.14 Å². The molecule has 1 aromatic rings. The lowest BCUT2D eigenvalue weighted by atomic mass is 10.1. The van der Waals surface area contributed by atoms with Gasteiger partial charge in [0.05, 0.1) is 4.90 Å². The maximum atomic E-state index is 11.3. The monoisotopic (exact) mass is 242 g/mol. The van der Waals surface area contributed by atoms with E-state index in [9.17, 15) is 8.42 Å². The fraction of sp³-hybridized carbons (Fsp3) is 0.455. The Bertz CT molecular complexity index is 455. The third kappa shape index (κ3) is 3.30. The van der Waals surface area contributed by atoms with Crippen molar-refractivity contribution in [3.8, 4) is 0 Å². The molecule has 90 valence electrons. The first kappa shape index (κ1) is 13.2. The summed E-state index contributed by atoms with van der Waals surface area (Å²) < 4.78 is 22.6. The van der Waals surface area contributed by atoms with E-state index in [0.29, 0.717) is 6.54 Å². The molecule has 0 amide bonds. The Morgan fingerprint density at radius 2 is 2.06 bits per heavy atom. The van der Waals surface area contributed by atoms with Crippen molar-refractivity contribution in [2.45, 2.75) is 31.7 Å². The van der Waals surface area contributed by atoms with Crippen molar-refractivity contribution in [1.82, 2.24) is 5.32 Å². The van der Waals surface area contributed by atoms with Gasteiger partial charge in [-0.2, -0.15) is 0 Å². The standard InChI is InChI=1S/C11H18N2O2S/c1-3-7-13-8-10-5-4-6-11(9(10)2)16(12,14)15/h4-6,13H,3,7-8H2,1-2H3,(H2,12,14,15). The summed E-state index contributed by atoms with van der Waals surface area (Å²) >= 11 is 0. The molecule has 0 saturated heterocycles. The van der Waals surface area contributed by atoms with E-state index in [1.165, 1.54) is 6.07 Å². The van der Waals surface area contributed by atoms with Crippen LogP contribution in [0.5, 0.6) is 0 Å². The highest BCUT2D eigenvalue weighted by Gasteiger charge is 2.12. The summed E-state index contributed by atoms with van der Waals surface area (Å²) in [6.07, 6.45) is 1.05. The Balaban J connectivity index is 2.96. The van der Waals surface area contributed by atoms with Crippen LogP contribution in [0, 0.1) is 6.92 Å². The maximum Gasteiger partial charge on any atom is 0.238 e. The molecule has 3 N–H and O–H groups in total. The van der Waals surface area contributed by atoms with Crippen molar-refractivity contribution in [1.29, 1.82) is 0 Å². The second-order valence-electron chi connectivity index (χ2n) is 3.76. The molecule has 0 fully saturated rings. The number of hydrogen-bond acceptors (Lipinski definition) is 3. The van der Waals surface area contributed by atoms with Gasteiger partial charge in [0.2, 0.25) is 10.0 Å². The van der Waals surface area contributed by atoms with Gasteiger partial charge in [0.15, 0.2) is 0 Å². The molecule has 0 radical (unpaired) electrons. The van der Waals surface area contributed by atoms with Gasteiger partial charge in [0, 0.05) is 6.54 Å². The fourth-order valence-electron chi connectivity index (χ4n) is 1.56. The Kier molecular flexibility index (Phi) is 4.46. The molecule has 0 aliphatic rings. The van der Waals surface area contributed by atoms with Crippen LogP contribution in [-0.4, -0.2) is 15.0 Å². The molecule has 4 nitrogen and oxygen atoms in total. The minimum Gasteiger partial charge on any atom is -0.313 e. The first-order valence-electron chi connectivity index (χ1n) is 5.28. The second kappa shape index (κ2) is 5.43. The molecule has 0 unspecified atom stereocenters. The van der Waals surface area contributed by atoms with Crippen LogP contribution >= 0.6 is 0 Å². The smallest absolute Gasteiger partial charge is 0.238 e. The Labute approximate surface area is 96.9 Å². The van der Waals surface area contributed by atoms with Gasteiger partial charge in [-0.3, -0.25) is 0 Å². The van der Waals surface area contributed by atoms with E-state index in [0.717, 1.165) is 24.1 Å². The van der Waals surface area contributed by atoms with E-state index in [-0.39, 0.29) is 4.90 Å². The average Bonchev–Trinajstić information content (AvgIpc) is 2.19. The minimum atomic E-state index is -3.61. The molecule has 0 heterocycles. The normalized spacial score (nSPS) is 11.7. The van der Waals surface area contributed by atoms with Crippen LogP contribution in [0.2, 0.25) is 0 Å². The number of nitrogens with one attached hydrogen (secondary N) is 1. The number of nitrogens with two attached hydrogens (primary N) is 1. The zero-order chi connectivity index (χ0) is 12.2. The third-order valence-corrected chi connectivity index (χ3v) is 3.50. The first-order valence-corrected chi connectivity index (χ1v) is 6.83. The summed E-state index contributed by atoms with van der Waals surface area (Å²) in [5.74, 6) is 0. The van der Waals surface area contributed by atoms with Gasteiger partial charge in [0.25, 0.3) is 0 Å². The van der Waals surface area contributed by atoms with Crippen molar-refractivity contribution in [3.05, 3.63) is 29.3 Å². The van der Waals surface area contributed by atoms with Crippen LogP contribution in [0.25, 0.3) is 0 Å². The predicted octanol–water partition coefficient (Wildman–Crippen LogP) is 1.14. The van der Waals surface area contributed by atoms with Crippen molar-refractivity contribution < 1.29 is 8.42 Å². The largest absolute Gasteiger partial charge is 0.313 e. The fourth-order valence-corrected chi connectivity index (χ4v) is 2.39. The molecular formula is C11H18N2O2S. The maximum absolute atomic E-state index is 11.3. The van der Waals surface area contributed by atoms with Crippen molar-refractivity contribution in [2.24, 2.45) is 5.14 Å². The second-order valence-corrected chi connectivity index (χ2v) is 5.29. The highest BCUT2D eigenvalue weighted by Crippen LogP contribution is 2.17. The van der Waals surface area contributed by atoms with Gasteiger partial charge in [-0.05, 0) is 37.1 Å². The molecule has 1 aromatic carbocycles. The minimum absolute atomic E-state index is 0.211. The van der Waals surface area contributed by atoms with Gasteiger partial charge in [-0.1, -0.05) is 19.1 Å². The Morgan fingerprint density at radius 1 is 1.38 bits per heavy atom. The molecule has 0 aliphatic carbocycles. The number of sulfonamides is 1. The summed E-state index contributed by atoms with van der Waals surface area (Å²) in [6.45, 7) is 5.45. The Hall–Kier alpha value is -0.910. The summed E-state index contributed by atoms with van der Waals surface area (Å²) in [5, 5.41) is 8.37. The zero-order valence-electron chi connectivity index (χ0n) is 9.66. The molecule has 5 heteroatoms. The van der Waals surface area contributed by atoms with Crippen LogP contribution in [0.3, 0.4) is 0 Å². The first-order chi connectivity index (χ1) is 7.46. The predicted molar refractivity (Wildman–Crippen MR) is 64.5 cm³/mol.